The Morgan fingerprint density at radius 1 is 1.53 bits per heavy atom. The van der Waals surface area contributed by atoms with Crippen LogP contribution in [0.3, 0.4) is 0 Å². The van der Waals surface area contributed by atoms with Gasteiger partial charge in [0.2, 0.25) is 5.95 Å². The zero-order valence-electron chi connectivity index (χ0n) is 8.48. The van der Waals surface area contributed by atoms with Crippen molar-refractivity contribution < 1.29 is 0 Å². The van der Waals surface area contributed by atoms with E-state index in [-0.39, 0.29) is 0 Å². The second kappa shape index (κ2) is 6.16. The van der Waals surface area contributed by atoms with E-state index in [0.29, 0.717) is 11.4 Å². The Labute approximate surface area is 108 Å². The van der Waals surface area contributed by atoms with Crippen LogP contribution in [0.2, 0.25) is 0 Å². The van der Waals surface area contributed by atoms with Crippen LogP contribution in [0.15, 0.2) is 12.4 Å². The summed E-state index contributed by atoms with van der Waals surface area (Å²) in [6.45, 7) is 3.68. The maximum Gasteiger partial charge on any atom is 0.225 e. The summed E-state index contributed by atoms with van der Waals surface area (Å²) < 4.78 is 1.03. The van der Waals surface area contributed by atoms with Crippen molar-refractivity contribution >= 4 is 45.7 Å². The van der Waals surface area contributed by atoms with Gasteiger partial charge in [-0.25, -0.2) is 9.97 Å². The van der Waals surface area contributed by atoms with Crippen LogP contribution in [0.1, 0.15) is 13.3 Å². The number of hydrogen-bond acceptors (Lipinski definition) is 4. The van der Waals surface area contributed by atoms with Gasteiger partial charge in [-0.2, -0.15) is 0 Å². The van der Waals surface area contributed by atoms with Crippen molar-refractivity contribution in [2.24, 2.45) is 5.73 Å². The highest BCUT2D eigenvalue weighted by atomic mass is 127. The van der Waals surface area contributed by atoms with Crippen molar-refractivity contribution in [2.45, 2.75) is 13.3 Å². The summed E-state index contributed by atoms with van der Waals surface area (Å²) in [7, 11) is 0. The standard InChI is InChI=1S/C9H13IN4S/c1-2-14(4-3-8(11)15)9-12-5-7(10)6-13-9/h5-6H,2-4H2,1H3,(H2,11,15). The fraction of sp³-hybridized carbons (Fsp3) is 0.444. The zero-order chi connectivity index (χ0) is 11.3. The molecule has 1 aromatic heterocycles. The lowest BCUT2D eigenvalue weighted by Gasteiger charge is -2.19. The first-order valence-electron chi connectivity index (χ1n) is 4.64. The number of rotatable bonds is 5. The van der Waals surface area contributed by atoms with E-state index in [1.54, 1.807) is 12.4 Å². The van der Waals surface area contributed by atoms with Crippen LogP contribution in [0.25, 0.3) is 0 Å². The number of anilines is 1. The van der Waals surface area contributed by atoms with Crippen LogP contribution in [0.4, 0.5) is 5.95 Å². The van der Waals surface area contributed by atoms with E-state index in [1.165, 1.54) is 0 Å². The first-order valence-corrected chi connectivity index (χ1v) is 6.13. The number of thiocarbonyl (C=S) groups is 1. The molecule has 0 saturated carbocycles. The zero-order valence-corrected chi connectivity index (χ0v) is 11.5. The molecule has 15 heavy (non-hydrogen) atoms. The van der Waals surface area contributed by atoms with Gasteiger partial charge in [0, 0.05) is 35.5 Å². The van der Waals surface area contributed by atoms with Crippen molar-refractivity contribution in [3.05, 3.63) is 16.0 Å². The third-order valence-electron chi connectivity index (χ3n) is 1.90. The lowest BCUT2D eigenvalue weighted by molar-refractivity contribution is 0.797. The molecule has 2 N–H and O–H groups in total. The van der Waals surface area contributed by atoms with Gasteiger partial charge in [-0.3, -0.25) is 0 Å². The Bertz CT molecular complexity index is 327. The first-order chi connectivity index (χ1) is 7.13. The molecule has 0 aliphatic carbocycles. The monoisotopic (exact) mass is 336 g/mol. The molecule has 0 amide bonds. The molecule has 0 atom stereocenters. The summed E-state index contributed by atoms with van der Waals surface area (Å²) in [6, 6.07) is 0. The Morgan fingerprint density at radius 2 is 2.13 bits per heavy atom. The van der Waals surface area contributed by atoms with Gasteiger partial charge in [-0.05, 0) is 29.5 Å². The van der Waals surface area contributed by atoms with Gasteiger partial charge in [0.1, 0.15) is 0 Å². The molecular weight excluding hydrogens is 323 g/mol. The molecule has 1 rings (SSSR count). The highest BCUT2D eigenvalue weighted by Gasteiger charge is 2.06. The molecule has 0 fully saturated rings. The van der Waals surface area contributed by atoms with E-state index in [0.717, 1.165) is 22.6 Å². The molecule has 0 aliphatic heterocycles. The lowest BCUT2D eigenvalue weighted by Crippen LogP contribution is -2.28. The van der Waals surface area contributed by atoms with Crippen LogP contribution in [-0.2, 0) is 0 Å². The second-order valence-electron chi connectivity index (χ2n) is 3.00. The number of nitrogens with zero attached hydrogens (tertiary/aromatic N) is 3. The molecule has 0 bridgehead atoms. The third kappa shape index (κ3) is 4.25. The van der Waals surface area contributed by atoms with Gasteiger partial charge in [0.15, 0.2) is 0 Å². The summed E-state index contributed by atoms with van der Waals surface area (Å²) in [5.41, 5.74) is 5.46. The van der Waals surface area contributed by atoms with Crippen LogP contribution in [-0.4, -0.2) is 28.0 Å². The highest BCUT2D eigenvalue weighted by Crippen LogP contribution is 2.08. The van der Waals surface area contributed by atoms with E-state index < -0.39 is 0 Å². The summed E-state index contributed by atoms with van der Waals surface area (Å²) >= 11 is 7.02. The quantitative estimate of drug-likeness (QED) is 0.654. The normalized spacial score (nSPS) is 10.0. The first kappa shape index (κ1) is 12.6. The average Bonchev–Trinajstić information content (AvgIpc) is 2.21. The van der Waals surface area contributed by atoms with Gasteiger partial charge in [-0.1, -0.05) is 12.2 Å². The van der Waals surface area contributed by atoms with Crippen molar-refractivity contribution in [1.82, 2.24) is 9.97 Å². The number of hydrogen-bond donors (Lipinski definition) is 1. The predicted octanol–water partition coefficient (Wildman–Crippen LogP) is 1.58. The molecule has 82 valence electrons. The topological polar surface area (TPSA) is 55.0 Å². The fourth-order valence-electron chi connectivity index (χ4n) is 1.11. The maximum absolute atomic E-state index is 5.46. The highest BCUT2D eigenvalue weighted by molar-refractivity contribution is 14.1. The molecule has 0 spiro atoms. The summed E-state index contributed by atoms with van der Waals surface area (Å²) in [6.07, 6.45) is 4.29. The fourth-order valence-corrected chi connectivity index (χ4v) is 1.48. The van der Waals surface area contributed by atoms with E-state index in [4.69, 9.17) is 18.0 Å². The van der Waals surface area contributed by atoms with Crippen LogP contribution < -0.4 is 10.6 Å². The molecule has 1 aromatic rings. The van der Waals surface area contributed by atoms with Crippen molar-refractivity contribution in [3.8, 4) is 0 Å². The van der Waals surface area contributed by atoms with E-state index in [2.05, 4.69) is 44.4 Å². The van der Waals surface area contributed by atoms with Crippen LogP contribution >= 0.6 is 34.8 Å². The number of aromatic nitrogens is 2. The second-order valence-corrected chi connectivity index (χ2v) is 4.77. The van der Waals surface area contributed by atoms with Gasteiger partial charge in [0.25, 0.3) is 0 Å². The molecule has 4 nitrogen and oxygen atoms in total. The molecule has 0 aromatic carbocycles. The largest absolute Gasteiger partial charge is 0.393 e. The minimum Gasteiger partial charge on any atom is -0.393 e. The molecule has 0 radical (unpaired) electrons. The number of nitrogens with two attached hydrogens (primary N) is 1. The molecule has 1 heterocycles. The van der Waals surface area contributed by atoms with Gasteiger partial charge in [0.05, 0.1) is 4.99 Å². The smallest absolute Gasteiger partial charge is 0.225 e. The number of halogens is 1. The summed E-state index contributed by atoms with van der Waals surface area (Å²) in [5, 5.41) is 0. The van der Waals surface area contributed by atoms with Crippen LogP contribution in [0, 0.1) is 3.57 Å². The third-order valence-corrected chi connectivity index (χ3v) is 2.66. The van der Waals surface area contributed by atoms with Gasteiger partial charge < -0.3 is 10.6 Å². The van der Waals surface area contributed by atoms with Crippen molar-refractivity contribution in [2.75, 3.05) is 18.0 Å². The maximum atomic E-state index is 5.46. The summed E-state index contributed by atoms with van der Waals surface area (Å²) in [4.78, 5) is 11.1. The Morgan fingerprint density at radius 3 is 2.60 bits per heavy atom. The molecule has 0 saturated heterocycles. The van der Waals surface area contributed by atoms with E-state index in [1.807, 2.05) is 0 Å². The molecule has 0 unspecified atom stereocenters. The summed E-state index contributed by atoms with van der Waals surface area (Å²) in [5.74, 6) is 0.731. The van der Waals surface area contributed by atoms with E-state index >= 15 is 0 Å². The van der Waals surface area contributed by atoms with Crippen LogP contribution in [0.5, 0.6) is 0 Å². The minimum absolute atomic E-state index is 0.527. The Kier molecular flexibility index (Phi) is 5.16. The Balaban J connectivity index is 2.65. The van der Waals surface area contributed by atoms with Crippen molar-refractivity contribution in [1.29, 1.82) is 0 Å². The molecular formula is C9H13IN4S. The molecule has 0 aliphatic rings. The SMILES string of the molecule is CCN(CCC(N)=S)c1ncc(I)cn1. The predicted molar refractivity (Wildman–Crippen MR) is 74.0 cm³/mol. The lowest BCUT2D eigenvalue weighted by atomic mass is 10.4. The van der Waals surface area contributed by atoms with E-state index in [9.17, 15) is 0 Å². The molecule has 6 heteroatoms. The Hall–Kier alpha value is -0.500. The van der Waals surface area contributed by atoms with Gasteiger partial charge >= 0.3 is 0 Å². The average molecular weight is 336 g/mol. The van der Waals surface area contributed by atoms with Gasteiger partial charge in [-0.15, -0.1) is 0 Å². The minimum atomic E-state index is 0.527. The van der Waals surface area contributed by atoms with Crippen molar-refractivity contribution in [3.63, 3.8) is 0 Å².